The van der Waals surface area contributed by atoms with E-state index in [9.17, 15) is 4.79 Å². The molecule has 1 atom stereocenters. The van der Waals surface area contributed by atoms with Crippen molar-refractivity contribution in [2.45, 2.75) is 18.9 Å². The standard InChI is InChI=1S/C15H17IN4O/c16-11-3-5-12(6-4-11)18-15(21)14-7-9-20(19-14)13-2-1-8-17-10-13/h3-7,9,13,17H,1-2,8,10H2,(H,18,21). The van der Waals surface area contributed by atoms with Gasteiger partial charge in [-0.15, -0.1) is 0 Å². The number of amides is 1. The van der Waals surface area contributed by atoms with E-state index in [1.54, 1.807) is 6.07 Å². The Bertz CT molecular complexity index is 617. The van der Waals surface area contributed by atoms with E-state index in [2.05, 4.69) is 38.3 Å². The van der Waals surface area contributed by atoms with Crippen molar-refractivity contribution in [2.24, 2.45) is 0 Å². The smallest absolute Gasteiger partial charge is 0.276 e. The van der Waals surface area contributed by atoms with E-state index in [4.69, 9.17) is 0 Å². The van der Waals surface area contributed by atoms with Crippen LogP contribution in [0.3, 0.4) is 0 Å². The summed E-state index contributed by atoms with van der Waals surface area (Å²) in [6, 6.07) is 9.82. The van der Waals surface area contributed by atoms with E-state index in [0.717, 1.165) is 35.2 Å². The summed E-state index contributed by atoms with van der Waals surface area (Å²) < 4.78 is 3.04. The average Bonchev–Trinajstić information content (AvgIpc) is 3.00. The summed E-state index contributed by atoms with van der Waals surface area (Å²) in [6.45, 7) is 1.98. The van der Waals surface area contributed by atoms with Crippen molar-refractivity contribution < 1.29 is 4.79 Å². The minimum atomic E-state index is -0.168. The Labute approximate surface area is 137 Å². The molecule has 5 nitrogen and oxygen atoms in total. The molecule has 0 aliphatic carbocycles. The van der Waals surface area contributed by atoms with Crippen LogP contribution in [-0.2, 0) is 0 Å². The summed E-state index contributed by atoms with van der Waals surface area (Å²) in [5, 5.41) is 10.6. The molecule has 1 fully saturated rings. The minimum Gasteiger partial charge on any atom is -0.321 e. The highest BCUT2D eigenvalue weighted by Crippen LogP contribution is 2.16. The molecule has 1 aromatic carbocycles. The first kappa shape index (κ1) is 14.5. The molecule has 3 rings (SSSR count). The van der Waals surface area contributed by atoms with Gasteiger partial charge in [-0.05, 0) is 72.3 Å². The minimum absolute atomic E-state index is 0.168. The molecule has 21 heavy (non-hydrogen) atoms. The molecule has 1 amide bonds. The van der Waals surface area contributed by atoms with Crippen molar-refractivity contribution in [1.29, 1.82) is 0 Å². The number of nitrogens with zero attached hydrogens (tertiary/aromatic N) is 2. The Hall–Kier alpha value is -1.41. The van der Waals surface area contributed by atoms with Crippen LogP contribution in [0, 0.1) is 3.57 Å². The van der Waals surface area contributed by atoms with Gasteiger partial charge in [-0.2, -0.15) is 5.10 Å². The number of aromatic nitrogens is 2. The summed E-state index contributed by atoms with van der Waals surface area (Å²) >= 11 is 2.24. The number of halogens is 1. The second kappa shape index (κ2) is 6.57. The molecular formula is C15H17IN4O. The zero-order valence-corrected chi connectivity index (χ0v) is 13.7. The van der Waals surface area contributed by atoms with Crippen molar-refractivity contribution in [3.63, 3.8) is 0 Å². The summed E-state index contributed by atoms with van der Waals surface area (Å²) in [5.74, 6) is -0.168. The fourth-order valence-corrected chi connectivity index (χ4v) is 2.81. The van der Waals surface area contributed by atoms with Crippen molar-refractivity contribution >= 4 is 34.2 Å². The van der Waals surface area contributed by atoms with Crippen LogP contribution < -0.4 is 10.6 Å². The number of hydrogen-bond donors (Lipinski definition) is 2. The molecule has 0 radical (unpaired) electrons. The molecule has 1 saturated heterocycles. The summed E-state index contributed by atoms with van der Waals surface area (Å²) in [4.78, 5) is 12.2. The van der Waals surface area contributed by atoms with Crippen molar-refractivity contribution in [3.8, 4) is 0 Å². The molecule has 1 aromatic heterocycles. The Morgan fingerprint density at radius 2 is 2.14 bits per heavy atom. The Morgan fingerprint density at radius 1 is 1.33 bits per heavy atom. The van der Waals surface area contributed by atoms with E-state index in [0.29, 0.717) is 11.7 Å². The monoisotopic (exact) mass is 396 g/mol. The van der Waals surface area contributed by atoms with Crippen LogP contribution in [0.15, 0.2) is 36.5 Å². The predicted molar refractivity (Wildman–Crippen MR) is 90.5 cm³/mol. The van der Waals surface area contributed by atoms with Gasteiger partial charge in [0.15, 0.2) is 5.69 Å². The van der Waals surface area contributed by atoms with E-state index >= 15 is 0 Å². The number of nitrogens with one attached hydrogen (secondary N) is 2. The second-order valence-electron chi connectivity index (χ2n) is 5.14. The SMILES string of the molecule is O=C(Nc1ccc(I)cc1)c1ccn(C2CCCNC2)n1. The molecule has 2 aromatic rings. The lowest BCUT2D eigenvalue weighted by Gasteiger charge is -2.22. The molecule has 110 valence electrons. The van der Waals surface area contributed by atoms with Gasteiger partial charge in [0.2, 0.25) is 0 Å². The molecule has 6 heteroatoms. The van der Waals surface area contributed by atoms with Crippen LogP contribution in [0.25, 0.3) is 0 Å². The van der Waals surface area contributed by atoms with Crippen LogP contribution in [0.2, 0.25) is 0 Å². The lowest BCUT2D eigenvalue weighted by Crippen LogP contribution is -2.32. The number of anilines is 1. The largest absolute Gasteiger partial charge is 0.321 e. The first-order valence-electron chi connectivity index (χ1n) is 7.05. The molecule has 0 bridgehead atoms. The zero-order chi connectivity index (χ0) is 14.7. The van der Waals surface area contributed by atoms with Gasteiger partial charge in [0, 0.05) is 22.0 Å². The van der Waals surface area contributed by atoms with Gasteiger partial charge in [-0.3, -0.25) is 9.48 Å². The quantitative estimate of drug-likeness (QED) is 0.785. The fraction of sp³-hybridized carbons (Fsp3) is 0.333. The van der Waals surface area contributed by atoms with E-state index in [1.807, 2.05) is 35.1 Å². The van der Waals surface area contributed by atoms with E-state index < -0.39 is 0 Å². The normalized spacial score (nSPS) is 18.4. The van der Waals surface area contributed by atoms with Gasteiger partial charge in [0.1, 0.15) is 0 Å². The Balaban J connectivity index is 1.67. The van der Waals surface area contributed by atoms with Gasteiger partial charge in [-0.1, -0.05) is 0 Å². The number of hydrogen-bond acceptors (Lipinski definition) is 3. The fourth-order valence-electron chi connectivity index (χ4n) is 2.45. The molecule has 2 heterocycles. The van der Waals surface area contributed by atoms with E-state index in [1.165, 1.54) is 0 Å². The van der Waals surface area contributed by atoms with Crippen molar-refractivity contribution in [3.05, 3.63) is 45.8 Å². The number of carbonyl (C=O) groups is 1. The van der Waals surface area contributed by atoms with Gasteiger partial charge in [-0.25, -0.2) is 0 Å². The average molecular weight is 396 g/mol. The molecule has 1 aliphatic rings. The summed E-state index contributed by atoms with van der Waals surface area (Å²) in [5.41, 5.74) is 1.24. The first-order chi connectivity index (χ1) is 10.2. The topological polar surface area (TPSA) is 59.0 Å². The predicted octanol–water partition coefficient (Wildman–Crippen LogP) is 2.66. The molecule has 0 spiro atoms. The number of piperidine rings is 1. The van der Waals surface area contributed by atoms with Crippen molar-refractivity contribution in [2.75, 3.05) is 18.4 Å². The third kappa shape index (κ3) is 3.62. The van der Waals surface area contributed by atoms with Gasteiger partial charge < -0.3 is 10.6 Å². The third-order valence-electron chi connectivity index (χ3n) is 3.59. The molecule has 1 unspecified atom stereocenters. The van der Waals surface area contributed by atoms with Crippen LogP contribution >= 0.6 is 22.6 Å². The lowest BCUT2D eigenvalue weighted by molar-refractivity contribution is 0.102. The summed E-state index contributed by atoms with van der Waals surface area (Å²) in [7, 11) is 0. The second-order valence-corrected chi connectivity index (χ2v) is 6.39. The third-order valence-corrected chi connectivity index (χ3v) is 4.31. The van der Waals surface area contributed by atoms with Crippen LogP contribution in [0.4, 0.5) is 5.69 Å². The maximum Gasteiger partial charge on any atom is 0.276 e. The number of benzene rings is 1. The number of carbonyl (C=O) groups excluding carboxylic acids is 1. The maximum atomic E-state index is 12.2. The van der Waals surface area contributed by atoms with Crippen LogP contribution in [-0.4, -0.2) is 28.8 Å². The first-order valence-corrected chi connectivity index (χ1v) is 8.13. The highest BCUT2D eigenvalue weighted by Gasteiger charge is 2.17. The van der Waals surface area contributed by atoms with Crippen LogP contribution in [0.5, 0.6) is 0 Å². The zero-order valence-electron chi connectivity index (χ0n) is 11.6. The lowest BCUT2D eigenvalue weighted by atomic mass is 10.1. The van der Waals surface area contributed by atoms with Gasteiger partial charge >= 0.3 is 0 Å². The van der Waals surface area contributed by atoms with Gasteiger partial charge in [0.25, 0.3) is 5.91 Å². The maximum absolute atomic E-state index is 12.2. The number of rotatable bonds is 3. The Kier molecular flexibility index (Phi) is 4.54. The summed E-state index contributed by atoms with van der Waals surface area (Å²) in [6.07, 6.45) is 4.14. The molecule has 0 saturated carbocycles. The molecular weight excluding hydrogens is 379 g/mol. The molecule has 2 N–H and O–H groups in total. The molecule has 1 aliphatic heterocycles. The van der Waals surface area contributed by atoms with Crippen molar-refractivity contribution in [1.82, 2.24) is 15.1 Å². The van der Waals surface area contributed by atoms with Crippen LogP contribution in [0.1, 0.15) is 29.4 Å². The highest BCUT2D eigenvalue weighted by atomic mass is 127. The Morgan fingerprint density at radius 3 is 2.86 bits per heavy atom. The highest BCUT2D eigenvalue weighted by molar-refractivity contribution is 14.1. The van der Waals surface area contributed by atoms with E-state index in [-0.39, 0.29) is 5.91 Å². The van der Waals surface area contributed by atoms with Gasteiger partial charge in [0.05, 0.1) is 6.04 Å².